The molecular weight excluding hydrogens is 673 g/mol. The highest BCUT2D eigenvalue weighted by Crippen LogP contribution is 2.51. The van der Waals surface area contributed by atoms with Crippen molar-refractivity contribution in [3.63, 3.8) is 0 Å². The van der Waals surface area contributed by atoms with Gasteiger partial charge in [-0.2, -0.15) is 0 Å². The summed E-state index contributed by atoms with van der Waals surface area (Å²) in [4.78, 5) is 0. The van der Waals surface area contributed by atoms with E-state index in [-0.39, 0.29) is 0 Å². The molecule has 0 aliphatic rings. The molecule has 10 aromatic carbocycles. The molecule has 0 bridgehead atoms. The van der Waals surface area contributed by atoms with Crippen LogP contribution in [-0.2, 0) is 0 Å². The molecule has 54 heavy (non-hydrogen) atoms. The molecule has 2 heteroatoms. The lowest BCUT2D eigenvalue weighted by molar-refractivity contribution is 0.670. The van der Waals surface area contributed by atoms with E-state index in [4.69, 9.17) is 4.42 Å². The van der Waals surface area contributed by atoms with E-state index in [0.29, 0.717) is 0 Å². The molecule has 0 saturated heterocycles. The van der Waals surface area contributed by atoms with Gasteiger partial charge in [-0.1, -0.05) is 152 Å². The van der Waals surface area contributed by atoms with E-state index in [1.54, 1.807) is 0 Å². The molecule has 0 saturated carbocycles. The van der Waals surface area contributed by atoms with Gasteiger partial charge in [0.05, 0.1) is 0 Å². The molecule has 250 valence electrons. The molecule has 0 unspecified atom stereocenters. The van der Waals surface area contributed by atoms with Gasteiger partial charge in [0, 0.05) is 42.1 Å². The summed E-state index contributed by atoms with van der Waals surface area (Å²) in [5.74, 6) is 0. The summed E-state index contributed by atoms with van der Waals surface area (Å²) in [6.45, 7) is 0. The minimum atomic E-state index is 0.923. The standard InChI is InChI=1S/C52H30OS/c1-2-12-31(13-3-1)33-22-23-35-29-36(25-24-34(35)28-33)47-39-17-6-8-19-41(39)48(42-20-9-7-18-40(42)47)44-30-43-38-16-10-11-21-46(38)54-52(43)50-49-37-15-5-4-14-32(37)26-27-45(49)53-51(44)50/h1-30H. The van der Waals surface area contributed by atoms with E-state index in [1.807, 2.05) is 11.3 Å². The highest BCUT2D eigenvalue weighted by atomic mass is 32.1. The maximum atomic E-state index is 7.06. The molecule has 0 aliphatic heterocycles. The Hall–Kier alpha value is -6.74. The maximum Gasteiger partial charge on any atom is 0.144 e. The van der Waals surface area contributed by atoms with Crippen LogP contribution < -0.4 is 0 Å². The van der Waals surface area contributed by atoms with Crippen molar-refractivity contribution < 1.29 is 4.42 Å². The Kier molecular flexibility index (Phi) is 6.28. The molecular formula is C52H30OS. The summed E-state index contributed by atoms with van der Waals surface area (Å²) in [5.41, 5.74) is 9.15. The molecule has 0 aliphatic carbocycles. The molecule has 2 heterocycles. The topological polar surface area (TPSA) is 13.1 Å². The second kappa shape index (κ2) is 11.4. The lowest BCUT2D eigenvalue weighted by Crippen LogP contribution is -1.91. The van der Waals surface area contributed by atoms with E-state index in [0.717, 1.165) is 16.7 Å². The van der Waals surface area contributed by atoms with Crippen molar-refractivity contribution in [3.05, 3.63) is 182 Å². The zero-order valence-corrected chi connectivity index (χ0v) is 30.0. The average Bonchev–Trinajstić information content (AvgIpc) is 3.82. The first kappa shape index (κ1) is 29.8. The molecule has 0 fully saturated rings. The van der Waals surface area contributed by atoms with Crippen LogP contribution in [0.1, 0.15) is 0 Å². The fraction of sp³-hybridized carbons (Fsp3) is 0. The second-order valence-electron chi connectivity index (χ2n) is 14.3. The number of furan rings is 1. The largest absolute Gasteiger partial charge is 0.455 e. The van der Waals surface area contributed by atoms with Crippen LogP contribution >= 0.6 is 11.3 Å². The van der Waals surface area contributed by atoms with Gasteiger partial charge in [0.1, 0.15) is 11.2 Å². The van der Waals surface area contributed by atoms with Crippen molar-refractivity contribution in [2.24, 2.45) is 0 Å². The summed E-state index contributed by atoms with van der Waals surface area (Å²) in [5, 5.41) is 14.8. The van der Waals surface area contributed by atoms with Gasteiger partial charge in [-0.15, -0.1) is 11.3 Å². The van der Waals surface area contributed by atoms with E-state index >= 15 is 0 Å². The smallest absolute Gasteiger partial charge is 0.144 e. The fourth-order valence-electron chi connectivity index (χ4n) is 9.01. The normalized spacial score (nSPS) is 12.1. The highest BCUT2D eigenvalue weighted by molar-refractivity contribution is 7.26. The first-order chi connectivity index (χ1) is 26.8. The molecule has 2 aromatic heterocycles. The summed E-state index contributed by atoms with van der Waals surface area (Å²) in [6.07, 6.45) is 0. The van der Waals surface area contributed by atoms with Crippen molar-refractivity contribution in [3.8, 4) is 33.4 Å². The predicted octanol–water partition coefficient (Wildman–Crippen LogP) is 15.6. The van der Waals surface area contributed by atoms with Gasteiger partial charge in [0.2, 0.25) is 0 Å². The summed E-state index contributed by atoms with van der Waals surface area (Å²) in [7, 11) is 0. The number of benzene rings is 10. The Balaban J connectivity index is 1.19. The Morgan fingerprint density at radius 2 is 0.926 bits per heavy atom. The molecule has 0 spiro atoms. The maximum absolute atomic E-state index is 7.06. The van der Waals surface area contributed by atoms with Crippen LogP contribution in [0.25, 0.3) is 119 Å². The number of hydrogen-bond donors (Lipinski definition) is 0. The van der Waals surface area contributed by atoms with E-state index in [9.17, 15) is 0 Å². The van der Waals surface area contributed by atoms with Crippen LogP contribution in [0.5, 0.6) is 0 Å². The van der Waals surface area contributed by atoms with E-state index in [2.05, 4.69) is 182 Å². The van der Waals surface area contributed by atoms with Crippen LogP contribution in [0, 0.1) is 0 Å². The number of fused-ring (bicyclic) bond motifs is 12. The Morgan fingerprint density at radius 1 is 0.352 bits per heavy atom. The Bertz CT molecular complexity index is 3440. The zero-order chi connectivity index (χ0) is 35.3. The Labute approximate surface area is 314 Å². The van der Waals surface area contributed by atoms with Crippen LogP contribution in [0.15, 0.2) is 186 Å². The lowest BCUT2D eigenvalue weighted by atomic mass is 9.84. The molecule has 12 rings (SSSR count). The van der Waals surface area contributed by atoms with Crippen LogP contribution in [-0.4, -0.2) is 0 Å². The van der Waals surface area contributed by atoms with Crippen molar-refractivity contribution in [1.82, 2.24) is 0 Å². The molecule has 0 radical (unpaired) electrons. The van der Waals surface area contributed by atoms with Gasteiger partial charge < -0.3 is 4.42 Å². The lowest BCUT2D eigenvalue weighted by Gasteiger charge is -2.18. The first-order valence-corrected chi connectivity index (χ1v) is 19.3. The monoisotopic (exact) mass is 702 g/mol. The minimum absolute atomic E-state index is 0.923. The van der Waals surface area contributed by atoms with Gasteiger partial charge in [-0.3, -0.25) is 0 Å². The zero-order valence-electron chi connectivity index (χ0n) is 29.1. The minimum Gasteiger partial charge on any atom is -0.455 e. The Morgan fingerprint density at radius 3 is 1.67 bits per heavy atom. The molecule has 12 aromatic rings. The number of thiophene rings is 1. The van der Waals surface area contributed by atoms with E-state index < -0.39 is 0 Å². The van der Waals surface area contributed by atoms with E-state index in [1.165, 1.54) is 102 Å². The first-order valence-electron chi connectivity index (χ1n) is 18.5. The van der Waals surface area contributed by atoms with Gasteiger partial charge in [-0.05, 0) is 95.7 Å². The third kappa shape index (κ3) is 4.26. The van der Waals surface area contributed by atoms with Crippen molar-refractivity contribution in [2.75, 3.05) is 0 Å². The molecule has 1 nitrogen and oxygen atoms in total. The van der Waals surface area contributed by atoms with Crippen molar-refractivity contribution in [1.29, 1.82) is 0 Å². The van der Waals surface area contributed by atoms with Crippen LogP contribution in [0.2, 0.25) is 0 Å². The third-order valence-corrected chi connectivity index (χ3v) is 12.6. The molecule has 0 atom stereocenters. The van der Waals surface area contributed by atoms with Crippen LogP contribution in [0.3, 0.4) is 0 Å². The summed E-state index contributed by atoms with van der Waals surface area (Å²) < 4.78 is 9.63. The summed E-state index contributed by atoms with van der Waals surface area (Å²) in [6, 6.07) is 66.6. The highest BCUT2D eigenvalue weighted by Gasteiger charge is 2.24. The SMILES string of the molecule is c1ccc(-c2ccc3cc(-c4c5ccccc5c(-c5cc6c7ccccc7sc6c6c5oc5ccc7ccccc7c56)c5ccccc45)ccc3c2)cc1. The summed E-state index contributed by atoms with van der Waals surface area (Å²) >= 11 is 1.87. The fourth-order valence-corrected chi connectivity index (χ4v) is 10.2. The molecule has 0 amide bonds. The van der Waals surface area contributed by atoms with Gasteiger partial charge in [0.25, 0.3) is 0 Å². The van der Waals surface area contributed by atoms with Crippen LogP contribution in [0.4, 0.5) is 0 Å². The predicted molar refractivity (Wildman–Crippen MR) is 233 cm³/mol. The molecule has 0 N–H and O–H groups in total. The van der Waals surface area contributed by atoms with Gasteiger partial charge in [-0.25, -0.2) is 0 Å². The van der Waals surface area contributed by atoms with Gasteiger partial charge >= 0.3 is 0 Å². The number of rotatable bonds is 3. The van der Waals surface area contributed by atoms with Crippen molar-refractivity contribution in [2.45, 2.75) is 0 Å². The average molecular weight is 703 g/mol. The second-order valence-corrected chi connectivity index (χ2v) is 15.4. The third-order valence-electron chi connectivity index (χ3n) is 11.4. The number of hydrogen-bond acceptors (Lipinski definition) is 2. The van der Waals surface area contributed by atoms with Crippen molar-refractivity contribution >= 4 is 96.5 Å². The quantitative estimate of drug-likeness (QED) is 0.167. The van der Waals surface area contributed by atoms with Gasteiger partial charge in [0.15, 0.2) is 0 Å².